The molecule has 25 heavy (non-hydrogen) atoms. The van der Waals surface area contributed by atoms with E-state index < -0.39 is 0 Å². The molecule has 0 fully saturated rings. The first kappa shape index (κ1) is 15.1. The Balaban J connectivity index is 1.84. The lowest BCUT2D eigenvalue weighted by Gasteiger charge is -2.30. The normalized spacial score (nSPS) is 15.5. The van der Waals surface area contributed by atoms with Crippen LogP contribution < -0.4 is 4.74 Å². The number of hydrogen-bond acceptors (Lipinski definition) is 1. The highest BCUT2D eigenvalue weighted by Gasteiger charge is 2.28. The topological polar surface area (TPSA) is 14.2 Å². The Morgan fingerprint density at radius 3 is 2.60 bits per heavy atom. The number of nitrogens with zero attached hydrogens (tertiary/aromatic N) is 1. The molecule has 2 nitrogen and oxygen atoms in total. The number of hydrogen-bond donors (Lipinski definition) is 0. The van der Waals surface area contributed by atoms with E-state index >= 15 is 0 Å². The molecule has 2 heterocycles. The fraction of sp³-hybridized carbons (Fsp3) is 0.0476. The summed E-state index contributed by atoms with van der Waals surface area (Å²) in [6, 6.07) is 24.6. The molecular formula is C21H13BrClNO. The summed E-state index contributed by atoms with van der Waals surface area (Å²) < 4.78 is 9.67. The number of ether oxygens (including phenoxy) is 1. The second kappa shape index (κ2) is 5.65. The minimum atomic E-state index is -0.211. The number of aromatic nitrogens is 1. The predicted molar refractivity (Wildman–Crippen MR) is 105 cm³/mol. The van der Waals surface area contributed by atoms with Crippen molar-refractivity contribution in [2.24, 2.45) is 0 Å². The maximum Gasteiger partial charge on any atom is 0.203 e. The predicted octanol–water partition coefficient (Wildman–Crippen LogP) is 6.66. The van der Waals surface area contributed by atoms with E-state index in [1.165, 1.54) is 0 Å². The molecule has 1 atom stereocenters. The highest BCUT2D eigenvalue weighted by molar-refractivity contribution is 9.10. The zero-order valence-electron chi connectivity index (χ0n) is 13.1. The van der Waals surface area contributed by atoms with Crippen molar-refractivity contribution in [3.8, 4) is 17.0 Å². The lowest BCUT2D eigenvalue weighted by Crippen LogP contribution is -2.22. The van der Waals surface area contributed by atoms with Gasteiger partial charge in [0.2, 0.25) is 6.23 Å². The summed E-state index contributed by atoms with van der Waals surface area (Å²) in [6.45, 7) is 0. The Morgan fingerprint density at radius 2 is 1.76 bits per heavy atom. The van der Waals surface area contributed by atoms with Gasteiger partial charge < -0.3 is 9.30 Å². The summed E-state index contributed by atoms with van der Waals surface area (Å²) in [6.07, 6.45) is -0.211. The van der Waals surface area contributed by atoms with E-state index in [-0.39, 0.29) is 6.23 Å². The number of rotatable bonds is 1. The number of fused-ring (bicyclic) bond motifs is 5. The van der Waals surface area contributed by atoms with Gasteiger partial charge in [-0.3, -0.25) is 0 Å². The van der Waals surface area contributed by atoms with Crippen LogP contribution in [-0.2, 0) is 0 Å². The third kappa shape index (κ3) is 2.38. The molecule has 0 saturated carbocycles. The summed E-state index contributed by atoms with van der Waals surface area (Å²) in [7, 11) is 0. The fourth-order valence-corrected chi connectivity index (χ4v) is 4.00. The molecule has 0 amide bonds. The minimum absolute atomic E-state index is 0.211. The van der Waals surface area contributed by atoms with Gasteiger partial charge in [-0.1, -0.05) is 57.9 Å². The Hall–Kier alpha value is -2.23. The molecule has 1 aliphatic heterocycles. The van der Waals surface area contributed by atoms with Crippen LogP contribution in [0.2, 0.25) is 5.02 Å². The third-order valence-corrected chi connectivity index (χ3v) is 5.31. The van der Waals surface area contributed by atoms with Gasteiger partial charge in [-0.25, -0.2) is 0 Å². The van der Waals surface area contributed by atoms with Crippen LogP contribution in [0.5, 0.6) is 5.75 Å². The van der Waals surface area contributed by atoms with Crippen molar-refractivity contribution in [2.45, 2.75) is 6.23 Å². The molecule has 0 N–H and O–H groups in total. The SMILES string of the molecule is Clc1ccc2c(c1)cc1n2C(c2ccccc2)Oc2cc(Br)ccc2-1. The van der Waals surface area contributed by atoms with E-state index in [4.69, 9.17) is 16.3 Å². The average molecular weight is 411 g/mol. The van der Waals surface area contributed by atoms with E-state index in [0.717, 1.165) is 43.0 Å². The van der Waals surface area contributed by atoms with Gasteiger partial charge in [0.1, 0.15) is 5.75 Å². The largest absolute Gasteiger partial charge is 0.465 e. The molecule has 122 valence electrons. The minimum Gasteiger partial charge on any atom is -0.465 e. The summed E-state index contributed by atoms with van der Waals surface area (Å²) >= 11 is 9.76. The van der Waals surface area contributed by atoms with Crippen molar-refractivity contribution in [1.29, 1.82) is 0 Å². The van der Waals surface area contributed by atoms with Gasteiger partial charge in [0.25, 0.3) is 0 Å². The number of benzene rings is 3. The molecule has 4 heteroatoms. The van der Waals surface area contributed by atoms with Gasteiger partial charge in [-0.2, -0.15) is 0 Å². The van der Waals surface area contributed by atoms with Crippen molar-refractivity contribution >= 4 is 38.4 Å². The molecule has 0 radical (unpaired) electrons. The van der Waals surface area contributed by atoms with E-state index in [9.17, 15) is 0 Å². The first-order valence-electron chi connectivity index (χ1n) is 8.03. The number of halogens is 2. The first-order chi connectivity index (χ1) is 12.2. The molecule has 1 aromatic heterocycles. The van der Waals surface area contributed by atoms with Gasteiger partial charge >= 0.3 is 0 Å². The zero-order chi connectivity index (χ0) is 17.0. The van der Waals surface area contributed by atoms with E-state index in [2.05, 4.69) is 50.8 Å². The van der Waals surface area contributed by atoms with Gasteiger partial charge in [0.05, 0.1) is 11.2 Å². The molecule has 3 aromatic carbocycles. The molecule has 1 unspecified atom stereocenters. The quantitative estimate of drug-likeness (QED) is 0.342. The molecule has 0 spiro atoms. The zero-order valence-corrected chi connectivity index (χ0v) is 15.5. The lowest BCUT2D eigenvalue weighted by molar-refractivity contribution is 0.173. The summed E-state index contributed by atoms with van der Waals surface area (Å²) in [5, 5.41) is 1.85. The smallest absolute Gasteiger partial charge is 0.203 e. The summed E-state index contributed by atoms with van der Waals surface area (Å²) in [5.41, 5.74) is 4.45. The monoisotopic (exact) mass is 409 g/mol. The van der Waals surface area contributed by atoms with Gasteiger partial charge in [-0.05, 0) is 42.5 Å². The van der Waals surface area contributed by atoms with Crippen LogP contribution in [-0.4, -0.2) is 4.57 Å². The lowest BCUT2D eigenvalue weighted by atomic mass is 10.1. The molecule has 0 saturated heterocycles. The van der Waals surface area contributed by atoms with Crippen molar-refractivity contribution in [1.82, 2.24) is 4.57 Å². The van der Waals surface area contributed by atoms with E-state index in [0.29, 0.717) is 0 Å². The average Bonchev–Trinajstić information content (AvgIpc) is 3.00. The van der Waals surface area contributed by atoms with E-state index in [1.807, 2.05) is 42.5 Å². The molecule has 0 aliphatic carbocycles. The molecule has 5 rings (SSSR count). The molecule has 1 aliphatic rings. The second-order valence-corrected chi connectivity index (χ2v) is 7.48. The molecule has 0 bridgehead atoms. The van der Waals surface area contributed by atoms with Crippen LogP contribution in [0, 0.1) is 0 Å². The fourth-order valence-electron chi connectivity index (χ4n) is 3.48. The maximum atomic E-state index is 6.42. The van der Waals surface area contributed by atoms with Crippen LogP contribution in [0.3, 0.4) is 0 Å². The summed E-state index contributed by atoms with van der Waals surface area (Å²) in [4.78, 5) is 0. The third-order valence-electron chi connectivity index (χ3n) is 4.58. The second-order valence-electron chi connectivity index (χ2n) is 6.12. The van der Waals surface area contributed by atoms with Crippen LogP contribution in [0.4, 0.5) is 0 Å². The van der Waals surface area contributed by atoms with Crippen LogP contribution >= 0.6 is 27.5 Å². The Kier molecular flexibility index (Phi) is 3.40. The standard InChI is InChI=1S/C21H13BrClNO/c22-15-6-8-17-19-11-14-10-16(23)7-9-18(14)24(19)21(25-20(17)12-15)13-4-2-1-3-5-13/h1-12,21H. The Labute approximate surface area is 158 Å². The highest BCUT2D eigenvalue weighted by Crippen LogP contribution is 2.45. The van der Waals surface area contributed by atoms with Crippen molar-refractivity contribution in [3.05, 3.63) is 87.9 Å². The van der Waals surface area contributed by atoms with Crippen LogP contribution in [0.25, 0.3) is 22.2 Å². The summed E-state index contributed by atoms with van der Waals surface area (Å²) in [5.74, 6) is 0.879. The Morgan fingerprint density at radius 1 is 0.920 bits per heavy atom. The maximum absolute atomic E-state index is 6.42. The molecular weight excluding hydrogens is 398 g/mol. The van der Waals surface area contributed by atoms with Gasteiger partial charge in [0, 0.05) is 26.0 Å². The van der Waals surface area contributed by atoms with Gasteiger partial charge in [0.15, 0.2) is 0 Å². The van der Waals surface area contributed by atoms with Crippen LogP contribution in [0.1, 0.15) is 11.8 Å². The van der Waals surface area contributed by atoms with Crippen LogP contribution in [0.15, 0.2) is 77.3 Å². The highest BCUT2D eigenvalue weighted by atomic mass is 79.9. The van der Waals surface area contributed by atoms with Crippen molar-refractivity contribution in [2.75, 3.05) is 0 Å². The van der Waals surface area contributed by atoms with E-state index in [1.54, 1.807) is 0 Å². The van der Waals surface area contributed by atoms with Gasteiger partial charge in [-0.15, -0.1) is 0 Å². The van der Waals surface area contributed by atoms with Crippen molar-refractivity contribution in [3.63, 3.8) is 0 Å². The Bertz CT molecular complexity index is 1100. The van der Waals surface area contributed by atoms with Crippen molar-refractivity contribution < 1.29 is 4.74 Å². The first-order valence-corrected chi connectivity index (χ1v) is 9.20. The molecule has 4 aromatic rings.